The van der Waals surface area contributed by atoms with Crippen molar-refractivity contribution in [1.29, 1.82) is 0 Å². The topological polar surface area (TPSA) is 88.9 Å². The molecule has 0 aliphatic heterocycles. The first-order valence-corrected chi connectivity index (χ1v) is 11.1. The summed E-state index contributed by atoms with van der Waals surface area (Å²) in [5, 5.41) is 14.7. The van der Waals surface area contributed by atoms with Crippen LogP contribution in [0.1, 0.15) is 34.7 Å². The summed E-state index contributed by atoms with van der Waals surface area (Å²) in [5.74, 6) is 0.513. The third kappa shape index (κ3) is 5.70. The molecule has 156 valence electrons. The van der Waals surface area contributed by atoms with Crippen LogP contribution in [0.4, 0.5) is 5.69 Å². The van der Waals surface area contributed by atoms with Crippen LogP contribution < -0.4 is 10.6 Å². The molecule has 30 heavy (non-hydrogen) atoms. The fraction of sp³-hybridized carbons (Fsp3) is 0.238. The SMILES string of the molecule is Cc1ccc(C(=O)N[C@H](C)c2nnc(SCC(=O)Nc3ccc(Br)cc3)n2C)cc1. The fourth-order valence-corrected chi connectivity index (χ4v) is 3.72. The van der Waals surface area contributed by atoms with E-state index in [2.05, 4.69) is 36.8 Å². The number of anilines is 1. The lowest BCUT2D eigenvalue weighted by Crippen LogP contribution is -2.28. The predicted octanol–water partition coefficient (Wildman–Crippen LogP) is 4.11. The van der Waals surface area contributed by atoms with E-state index in [9.17, 15) is 9.59 Å². The van der Waals surface area contributed by atoms with Crippen LogP contribution in [0.3, 0.4) is 0 Å². The fourth-order valence-electron chi connectivity index (χ4n) is 2.74. The zero-order valence-corrected chi connectivity index (χ0v) is 19.3. The maximum atomic E-state index is 12.4. The van der Waals surface area contributed by atoms with Gasteiger partial charge in [0, 0.05) is 22.8 Å². The van der Waals surface area contributed by atoms with Gasteiger partial charge in [-0.2, -0.15) is 0 Å². The summed E-state index contributed by atoms with van der Waals surface area (Å²) in [4.78, 5) is 24.6. The number of thioether (sulfide) groups is 1. The number of nitrogens with zero attached hydrogens (tertiary/aromatic N) is 3. The Morgan fingerprint density at radius 3 is 2.43 bits per heavy atom. The number of aromatic nitrogens is 3. The molecular weight excluding hydrogens is 466 g/mol. The highest BCUT2D eigenvalue weighted by atomic mass is 79.9. The van der Waals surface area contributed by atoms with Gasteiger partial charge in [-0.25, -0.2) is 0 Å². The lowest BCUT2D eigenvalue weighted by molar-refractivity contribution is -0.113. The Hall–Kier alpha value is -2.65. The highest BCUT2D eigenvalue weighted by Gasteiger charge is 2.19. The van der Waals surface area contributed by atoms with Crippen LogP contribution in [0.2, 0.25) is 0 Å². The summed E-state index contributed by atoms with van der Waals surface area (Å²) < 4.78 is 2.74. The number of nitrogens with one attached hydrogen (secondary N) is 2. The monoisotopic (exact) mass is 487 g/mol. The number of hydrogen-bond donors (Lipinski definition) is 2. The molecule has 2 N–H and O–H groups in total. The van der Waals surface area contributed by atoms with Crippen molar-refractivity contribution in [1.82, 2.24) is 20.1 Å². The first-order valence-electron chi connectivity index (χ1n) is 9.28. The lowest BCUT2D eigenvalue weighted by Gasteiger charge is -2.13. The molecule has 7 nitrogen and oxygen atoms in total. The van der Waals surface area contributed by atoms with Gasteiger partial charge in [0.2, 0.25) is 5.91 Å². The molecule has 0 aliphatic rings. The minimum Gasteiger partial charge on any atom is -0.342 e. The normalized spacial score (nSPS) is 11.7. The third-order valence-corrected chi connectivity index (χ3v) is 5.93. The average molecular weight is 488 g/mol. The number of carbonyl (C=O) groups is 2. The highest BCUT2D eigenvalue weighted by Crippen LogP contribution is 2.20. The average Bonchev–Trinajstić information content (AvgIpc) is 3.09. The van der Waals surface area contributed by atoms with E-state index in [0.717, 1.165) is 15.7 Å². The van der Waals surface area contributed by atoms with Gasteiger partial charge in [-0.3, -0.25) is 9.59 Å². The molecule has 2 amide bonds. The molecule has 1 aromatic heterocycles. The third-order valence-electron chi connectivity index (χ3n) is 4.38. The molecule has 0 spiro atoms. The Bertz CT molecular complexity index is 1030. The predicted molar refractivity (Wildman–Crippen MR) is 122 cm³/mol. The van der Waals surface area contributed by atoms with Crippen LogP contribution in [-0.4, -0.2) is 32.3 Å². The van der Waals surface area contributed by atoms with Crippen molar-refractivity contribution < 1.29 is 9.59 Å². The minimum atomic E-state index is -0.331. The number of hydrogen-bond acceptors (Lipinski definition) is 5. The molecule has 3 rings (SSSR count). The van der Waals surface area contributed by atoms with Crippen LogP contribution >= 0.6 is 27.7 Å². The summed E-state index contributed by atoms with van der Waals surface area (Å²) >= 11 is 4.65. The van der Waals surface area contributed by atoms with E-state index in [1.54, 1.807) is 16.7 Å². The highest BCUT2D eigenvalue weighted by molar-refractivity contribution is 9.10. The second kappa shape index (κ2) is 9.90. The van der Waals surface area contributed by atoms with Gasteiger partial charge in [-0.05, 0) is 50.2 Å². The molecule has 0 radical (unpaired) electrons. The van der Waals surface area contributed by atoms with Gasteiger partial charge in [-0.1, -0.05) is 45.4 Å². The van der Waals surface area contributed by atoms with Crippen LogP contribution in [0, 0.1) is 6.92 Å². The Labute approximate surface area is 187 Å². The number of benzene rings is 2. The summed E-state index contributed by atoms with van der Waals surface area (Å²) in [6, 6.07) is 14.4. The number of aryl methyl sites for hydroxylation is 1. The first-order chi connectivity index (χ1) is 14.3. The van der Waals surface area contributed by atoms with E-state index >= 15 is 0 Å². The van der Waals surface area contributed by atoms with Gasteiger partial charge in [0.1, 0.15) is 0 Å². The van der Waals surface area contributed by atoms with E-state index in [0.29, 0.717) is 16.5 Å². The molecule has 0 bridgehead atoms. The molecule has 0 unspecified atom stereocenters. The van der Waals surface area contributed by atoms with E-state index in [4.69, 9.17) is 0 Å². The van der Waals surface area contributed by atoms with E-state index in [1.165, 1.54) is 11.8 Å². The molecule has 0 saturated carbocycles. The van der Waals surface area contributed by atoms with Crippen molar-refractivity contribution in [2.45, 2.75) is 25.0 Å². The van der Waals surface area contributed by atoms with Crippen molar-refractivity contribution in [2.75, 3.05) is 11.1 Å². The van der Waals surface area contributed by atoms with E-state index in [-0.39, 0.29) is 23.6 Å². The van der Waals surface area contributed by atoms with Crippen molar-refractivity contribution >= 4 is 45.2 Å². The van der Waals surface area contributed by atoms with Crippen LogP contribution in [0.25, 0.3) is 0 Å². The molecule has 9 heteroatoms. The number of rotatable bonds is 7. The number of halogens is 1. The van der Waals surface area contributed by atoms with Crippen molar-refractivity contribution in [3.63, 3.8) is 0 Å². The molecule has 2 aromatic carbocycles. The molecule has 3 aromatic rings. The Balaban J connectivity index is 1.56. The van der Waals surface area contributed by atoms with E-state index < -0.39 is 0 Å². The van der Waals surface area contributed by atoms with Crippen molar-refractivity contribution in [2.24, 2.45) is 7.05 Å². The Kier molecular flexibility index (Phi) is 7.28. The first kappa shape index (κ1) is 22.0. The number of amides is 2. The van der Waals surface area contributed by atoms with Gasteiger partial charge in [0.15, 0.2) is 11.0 Å². The van der Waals surface area contributed by atoms with Gasteiger partial charge >= 0.3 is 0 Å². The molecule has 1 atom stereocenters. The largest absolute Gasteiger partial charge is 0.342 e. The van der Waals surface area contributed by atoms with Crippen LogP contribution in [0.5, 0.6) is 0 Å². The quantitative estimate of drug-likeness (QED) is 0.489. The lowest BCUT2D eigenvalue weighted by atomic mass is 10.1. The minimum absolute atomic E-state index is 0.132. The molecule has 0 fully saturated rings. The summed E-state index contributed by atoms with van der Waals surface area (Å²) in [7, 11) is 1.82. The zero-order chi connectivity index (χ0) is 21.7. The van der Waals surface area contributed by atoms with Crippen LogP contribution in [0.15, 0.2) is 58.2 Å². The van der Waals surface area contributed by atoms with Crippen LogP contribution in [-0.2, 0) is 11.8 Å². The van der Waals surface area contributed by atoms with Crippen molar-refractivity contribution in [3.8, 4) is 0 Å². The molecule has 0 saturated heterocycles. The maximum Gasteiger partial charge on any atom is 0.251 e. The van der Waals surface area contributed by atoms with E-state index in [1.807, 2.05) is 57.3 Å². The molecular formula is C21H22BrN5O2S. The molecule has 0 aliphatic carbocycles. The standard InChI is InChI=1S/C21H22BrN5O2S/c1-13-4-6-15(7-5-13)20(29)23-14(2)19-25-26-21(27(19)3)30-12-18(28)24-17-10-8-16(22)9-11-17/h4-11,14H,12H2,1-3H3,(H,23,29)(H,24,28)/t14-/m1/s1. The zero-order valence-electron chi connectivity index (χ0n) is 16.8. The maximum absolute atomic E-state index is 12.4. The Morgan fingerprint density at radius 2 is 1.77 bits per heavy atom. The summed E-state index contributed by atoms with van der Waals surface area (Å²) in [6.45, 7) is 3.83. The number of carbonyl (C=O) groups excluding carboxylic acids is 2. The summed E-state index contributed by atoms with van der Waals surface area (Å²) in [5.41, 5.74) is 2.42. The second-order valence-corrected chi connectivity index (χ2v) is 8.66. The smallest absolute Gasteiger partial charge is 0.251 e. The van der Waals surface area contributed by atoms with Crippen molar-refractivity contribution in [3.05, 3.63) is 70.0 Å². The van der Waals surface area contributed by atoms with Gasteiger partial charge < -0.3 is 15.2 Å². The second-order valence-electron chi connectivity index (χ2n) is 6.80. The Morgan fingerprint density at radius 1 is 1.10 bits per heavy atom. The summed E-state index contributed by atoms with van der Waals surface area (Å²) in [6.07, 6.45) is 0. The molecule has 1 heterocycles. The van der Waals surface area contributed by atoms with Gasteiger partial charge in [0.25, 0.3) is 5.91 Å². The van der Waals surface area contributed by atoms with Gasteiger partial charge in [0.05, 0.1) is 11.8 Å². The van der Waals surface area contributed by atoms with Gasteiger partial charge in [-0.15, -0.1) is 10.2 Å².